The van der Waals surface area contributed by atoms with Gasteiger partial charge in [0.15, 0.2) is 0 Å². The highest BCUT2D eigenvalue weighted by Crippen LogP contribution is 2.11. The van der Waals surface area contributed by atoms with Crippen molar-refractivity contribution < 1.29 is 9.72 Å². The van der Waals surface area contributed by atoms with E-state index in [1.54, 1.807) is 6.92 Å². The van der Waals surface area contributed by atoms with Crippen LogP contribution in [-0.2, 0) is 11.3 Å². The minimum absolute atomic E-state index is 0.0199. The van der Waals surface area contributed by atoms with Crippen molar-refractivity contribution in [3.63, 3.8) is 0 Å². The van der Waals surface area contributed by atoms with E-state index >= 15 is 0 Å². The zero-order valence-corrected chi connectivity index (χ0v) is 11.7. The van der Waals surface area contributed by atoms with Gasteiger partial charge in [0, 0.05) is 6.04 Å². The van der Waals surface area contributed by atoms with Gasteiger partial charge in [-0.1, -0.05) is 0 Å². The van der Waals surface area contributed by atoms with E-state index in [-0.39, 0.29) is 24.3 Å². The fourth-order valence-corrected chi connectivity index (χ4v) is 2.30. The molecule has 2 heterocycles. The molecule has 20 heavy (non-hydrogen) atoms. The molecule has 1 aromatic rings. The molecule has 1 aliphatic rings. The molecule has 1 saturated heterocycles. The van der Waals surface area contributed by atoms with Crippen LogP contribution >= 0.6 is 0 Å². The zero-order valence-electron chi connectivity index (χ0n) is 11.7. The number of nitrogens with one attached hydrogen (secondary N) is 1. The minimum Gasteiger partial charge on any atom is -0.358 e. The van der Waals surface area contributed by atoms with E-state index in [2.05, 4.69) is 22.4 Å². The van der Waals surface area contributed by atoms with Gasteiger partial charge in [-0.25, -0.2) is 0 Å². The van der Waals surface area contributed by atoms with Gasteiger partial charge >= 0.3 is 5.82 Å². The molecule has 0 radical (unpaired) electrons. The molecule has 8 nitrogen and oxygen atoms in total. The number of aryl methyl sites for hydroxylation is 1. The van der Waals surface area contributed by atoms with E-state index in [0.29, 0.717) is 5.69 Å². The second kappa shape index (κ2) is 6.00. The first-order valence-electron chi connectivity index (χ1n) is 6.62. The molecule has 110 valence electrons. The highest BCUT2D eigenvalue weighted by atomic mass is 16.6. The molecule has 1 aliphatic heterocycles. The predicted molar refractivity (Wildman–Crippen MR) is 72.3 cm³/mol. The lowest BCUT2D eigenvalue weighted by molar-refractivity contribution is -0.389. The van der Waals surface area contributed by atoms with Gasteiger partial charge < -0.3 is 20.3 Å². The number of piperidine rings is 1. The molecule has 0 aromatic carbocycles. The maximum absolute atomic E-state index is 11.9. The Morgan fingerprint density at radius 1 is 1.55 bits per heavy atom. The summed E-state index contributed by atoms with van der Waals surface area (Å²) in [5, 5.41) is 17.4. The number of carbonyl (C=O) groups excluding carboxylic acids is 1. The summed E-state index contributed by atoms with van der Waals surface area (Å²) in [5.41, 5.74) is 0.607. The van der Waals surface area contributed by atoms with E-state index in [1.165, 1.54) is 10.7 Å². The summed E-state index contributed by atoms with van der Waals surface area (Å²) < 4.78 is 1.36. The minimum atomic E-state index is -0.557. The fraction of sp³-hybridized carbons (Fsp3) is 0.667. The van der Waals surface area contributed by atoms with Crippen LogP contribution in [0.1, 0.15) is 18.5 Å². The summed E-state index contributed by atoms with van der Waals surface area (Å²) in [6, 6.07) is 1.55. The van der Waals surface area contributed by atoms with Crippen LogP contribution in [0.25, 0.3) is 0 Å². The molecule has 0 atom stereocenters. The standard InChI is InChI=1S/C12H19N5O3/c1-9-7-11(17(19)20)14-16(9)8-12(18)13-10-3-5-15(2)6-4-10/h7,10H,3-6,8H2,1-2H3,(H,13,18). The maximum atomic E-state index is 11.9. The summed E-state index contributed by atoms with van der Waals surface area (Å²) in [7, 11) is 2.06. The second-order valence-corrected chi connectivity index (χ2v) is 5.20. The van der Waals surface area contributed by atoms with Crippen molar-refractivity contribution in [1.82, 2.24) is 20.0 Å². The molecule has 8 heteroatoms. The summed E-state index contributed by atoms with van der Waals surface area (Å²) in [6.45, 7) is 3.66. The van der Waals surface area contributed by atoms with Crippen molar-refractivity contribution in [2.75, 3.05) is 20.1 Å². The Balaban J connectivity index is 1.89. The Morgan fingerprint density at radius 2 is 2.20 bits per heavy atom. The molecule has 2 rings (SSSR count). The molecule has 1 aromatic heterocycles. The Morgan fingerprint density at radius 3 is 2.75 bits per heavy atom. The largest absolute Gasteiger partial charge is 0.390 e. The van der Waals surface area contributed by atoms with Crippen LogP contribution in [0.4, 0.5) is 5.82 Å². The lowest BCUT2D eigenvalue weighted by Crippen LogP contribution is -2.44. The molecular weight excluding hydrogens is 262 g/mol. The topological polar surface area (TPSA) is 93.3 Å². The molecule has 1 N–H and O–H groups in total. The third kappa shape index (κ3) is 3.53. The van der Waals surface area contributed by atoms with Crippen LogP contribution in [0.15, 0.2) is 6.07 Å². The number of nitrogens with zero attached hydrogens (tertiary/aromatic N) is 4. The first kappa shape index (κ1) is 14.4. The third-order valence-electron chi connectivity index (χ3n) is 3.53. The van der Waals surface area contributed by atoms with Gasteiger partial charge in [0.25, 0.3) is 0 Å². The molecule has 0 unspecified atom stereocenters. The van der Waals surface area contributed by atoms with Gasteiger partial charge in [-0.15, -0.1) is 0 Å². The van der Waals surface area contributed by atoms with Gasteiger partial charge in [-0.05, 0) is 44.8 Å². The number of likely N-dealkylation sites (tertiary alicyclic amines) is 1. The summed E-state index contributed by atoms with van der Waals surface area (Å²) in [4.78, 5) is 24.2. The Bertz CT molecular complexity index is 505. The molecule has 1 amide bonds. The smallest absolute Gasteiger partial charge is 0.358 e. The fourth-order valence-electron chi connectivity index (χ4n) is 2.30. The Kier molecular flexibility index (Phi) is 4.33. The van der Waals surface area contributed by atoms with Crippen molar-refractivity contribution in [3.8, 4) is 0 Å². The van der Waals surface area contributed by atoms with E-state index < -0.39 is 4.92 Å². The van der Waals surface area contributed by atoms with Crippen molar-refractivity contribution in [2.45, 2.75) is 32.4 Å². The van der Waals surface area contributed by atoms with Gasteiger partial charge in [0.05, 0.1) is 16.9 Å². The molecule has 0 spiro atoms. The quantitative estimate of drug-likeness (QED) is 0.633. The zero-order chi connectivity index (χ0) is 14.7. The van der Waals surface area contributed by atoms with Crippen molar-refractivity contribution in [3.05, 3.63) is 21.9 Å². The number of nitro groups is 1. The number of carbonyl (C=O) groups is 1. The maximum Gasteiger partial charge on any atom is 0.390 e. The first-order valence-corrected chi connectivity index (χ1v) is 6.62. The average Bonchev–Trinajstić information content (AvgIpc) is 2.74. The van der Waals surface area contributed by atoms with E-state index in [0.717, 1.165) is 25.9 Å². The molecule has 0 saturated carbocycles. The average molecular weight is 281 g/mol. The van der Waals surface area contributed by atoms with Crippen molar-refractivity contribution in [2.24, 2.45) is 0 Å². The van der Waals surface area contributed by atoms with Crippen molar-refractivity contribution in [1.29, 1.82) is 0 Å². The lowest BCUT2D eigenvalue weighted by atomic mass is 10.1. The first-order chi connectivity index (χ1) is 9.45. The van der Waals surface area contributed by atoms with E-state index in [9.17, 15) is 14.9 Å². The number of aromatic nitrogens is 2. The van der Waals surface area contributed by atoms with Crippen molar-refractivity contribution >= 4 is 11.7 Å². The molecule has 1 fully saturated rings. The van der Waals surface area contributed by atoms with Crippen LogP contribution in [0.2, 0.25) is 0 Å². The van der Waals surface area contributed by atoms with E-state index in [1.807, 2.05) is 0 Å². The number of rotatable bonds is 4. The van der Waals surface area contributed by atoms with Crippen LogP contribution in [0, 0.1) is 17.0 Å². The highest BCUT2D eigenvalue weighted by molar-refractivity contribution is 5.76. The normalized spacial score (nSPS) is 17.1. The monoisotopic (exact) mass is 281 g/mol. The van der Waals surface area contributed by atoms with Crippen LogP contribution < -0.4 is 5.32 Å². The molecule has 0 bridgehead atoms. The number of hydrogen-bond acceptors (Lipinski definition) is 5. The number of amides is 1. The predicted octanol–water partition coefficient (Wildman–Crippen LogP) is 0.310. The van der Waals surface area contributed by atoms with Crippen LogP contribution in [-0.4, -0.2) is 51.7 Å². The summed E-state index contributed by atoms with van der Waals surface area (Å²) >= 11 is 0. The van der Waals surface area contributed by atoms with Gasteiger partial charge in [0.1, 0.15) is 6.54 Å². The molecule has 0 aliphatic carbocycles. The highest BCUT2D eigenvalue weighted by Gasteiger charge is 2.21. The Hall–Kier alpha value is -1.96. The second-order valence-electron chi connectivity index (χ2n) is 5.20. The SMILES string of the molecule is Cc1cc([N+](=O)[O-])nn1CC(=O)NC1CCN(C)CC1. The van der Waals surface area contributed by atoms with Crippen LogP contribution in [0.3, 0.4) is 0 Å². The van der Waals surface area contributed by atoms with Gasteiger partial charge in [-0.3, -0.25) is 4.79 Å². The Labute approximate surface area is 116 Å². The van der Waals surface area contributed by atoms with E-state index in [4.69, 9.17) is 0 Å². The van der Waals surface area contributed by atoms with Crippen LogP contribution in [0.5, 0.6) is 0 Å². The number of hydrogen-bond donors (Lipinski definition) is 1. The lowest BCUT2D eigenvalue weighted by Gasteiger charge is -2.29. The summed E-state index contributed by atoms with van der Waals surface area (Å²) in [6.07, 6.45) is 1.86. The third-order valence-corrected chi connectivity index (χ3v) is 3.53. The molecular formula is C12H19N5O3. The van der Waals surface area contributed by atoms with Gasteiger partial charge in [0.2, 0.25) is 5.91 Å². The van der Waals surface area contributed by atoms with Gasteiger partial charge in [-0.2, -0.15) is 4.68 Å². The summed E-state index contributed by atoms with van der Waals surface area (Å²) in [5.74, 6) is -0.379.